The van der Waals surface area contributed by atoms with Crippen LogP contribution in [-0.2, 0) is 16.8 Å². The van der Waals surface area contributed by atoms with E-state index >= 15 is 0 Å². The Morgan fingerprint density at radius 1 is 1.29 bits per heavy atom. The summed E-state index contributed by atoms with van der Waals surface area (Å²) in [5.41, 5.74) is 7.32. The first-order valence-corrected chi connectivity index (χ1v) is 8.96. The van der Waals surface area contributed by atoms with Crippen molar-refractivity contribution in [3.05, 3.63) is 29.8 Å². The van der Waals surface area contributed by atoms with Crippen molar-refractivity contribution in [3.8, 4) is 0 Å². The molecule has 6 heteroatoms. The standard InChI is InChI=1S/C15H25N3O2S/c1-3-17(12-14-7-9-15(16)10-8-14)21(19,20)18-11-5-4-6-13(18)2/h7-10,13H,3-6,11-12,16H2,1-2H3. The van der Waals surface area contributed by atoms with E-state index in [1.807, 2.05) is 26.0 Å². The number of anilines is 1. The third-order valence-electron chi connectivity index (χ3n) is 4.06. The van der Waals surface area contributed by atoms with Gasteiger partial charge in [0.25, 0.3) is 10.2 Å². The Labute approximate surface area is 127 Å². The number of hydrogen-bond acceptors (Lipinski definition) is 3. The maximum atomic E-state index is 12.8. The molecule has 1 aliphatic heterocycles. The van der Waals surface area contributed by atoms with Crippen molar-refractivity contribution in [1.29, 1.82) is 0 Å². The largest absolute Gasteiger partial charge is 0.399 e. The summed E-state index contributed by atoms with van der Waals surface area (Å²) in [6.07, 6.45) is 3.00. The summed E-state index contributed by atoms with van der Waals surface area (Å²) in [6, 6.07) is 7.46. The minimum absolute atomic E-state index is 0.0872. The lowest BCUT2D eigenvalue weighted by Gasteiger charge is -2.36. The molecule has 1 aromatic carbocycles. The summed E-state index contributed by atoms with van der Waals surface area (Å²) >= 11 is 0. The van der Waals surface area contributed by atoms with Crippen molar-refractivity contribution < 1.29 is 8.42 Å². The Morgan fingerprint density at radius 3 is 2.52 bits per heavy atom. The molecule has 0 aromatic heterocycles. The molecule has 21 heavy (non-hydrogen) atoms. The van der Waals surface area contributed by atoms with Crippen LogP contribution in [0.5, 0.6) is 0 Å². The van der Waals surface area contributed by atoms with Crippen LogP contribution in [0.3, 0.4) is 0 Å². The van der Waals surface area contributed by atoms with E-state index in [9.17, 15) is 8.42 Å². The molecule has 0 radical (unpaired) electrons. The zero-order valence-corrected chi connectivity index (χ0v) is 13.6. The third-order valence-corrected chi connectivity index (χ3v) is 6.23. The van der Waals surface area contributed by atoms with Crippen molar-refractivity contribution in [2.45, 2.75) is 45.7 Å². The molecule has 0 aliphatic carbocycles. The number of rotatable bonds is 5. The quantitative estimate of drug-likeness (QED) is 0.848. The van der Waals surface area contributed by atoms with Crippen LogP contribution >= 0.6 is 0 Å². The molecule has 118 valence electrons. The first-order valence-electron chi connectivity index (χ1n) is 7.56. The van der Waals surface area contributed by atoms with Gasteiger partial charge >= 0.3 is 0 Å². The van der Waals surface area contributed by atoms with E-state index in [2.05, 4.69) is 0 Å². The summed E-state index contributed by atoms with van der Waals surface area (Å²) < 4.78 is 28.8. The van der Waals surface area contributed by atoms with Gasteiger partial charge in [0.2, 0.25) is 0 Å². The maximum Gasteiger partial charge on any atom is 0.282 e. The molecule has 1 atom stereocenters. The number of nitrogen functional groups attached to an aromatic ring is 1. The average Bonchev–Trinajstić information content (AvgIpc) is 2.46. The molecule has 1 unspecified atom stereocenters. The predicted molar refractivity (Wildman–Crippen MR) is 85.9 cm³/mol. The van der Waals surface area contributed by atoms with Crippen LogP contribution in [0, 0.1) is 0 Å². The van der Waals surface area contributed by atoms with E-state index in [0.717, 1.165) is 24.8 Å². The lowest BCUT2D eigenvalue weighted by Crippen LogP contribution is -2.49. The number of nitrogens with zero attached hydrogens (tertiary/aromatic N) is 2. The summed E-state index contributed by atoms with van der Waals surface area (Å²) in [5.74, 6) is 0. The van der Waals surface area contributed by atoms with Gasteiger partial charge in [-0.05, 0) is 37.5 Å². The highest BCUT2D eigenvalue weighted by molar-refractivity contribution is 7.86. The van der Waals surface area contributed by atoms with Crippen molar-refractivity contribution in [3.63, 3.8) is 0 Å². The highest BCUT2D eigenvalue weighted by Gasteiger charge is 2.33. The molecule has 2 N–H and O–H groups in total. The Morgan fingerprint density at radius 2 is 1.95 bits per heavy atom. The first kappa shape index (κ1) is 16.3. The van der Waals surface area contributed by atoms with Crippen LogP contribution in [0.25, 0.3) is 0 Å². The van der Waals surface area contributed by atoms with Gasteiger partial charge in [0, 0.05) is 31.4 Å². The molecule has 0 bridgehead atoms. The fraction of sp³-hybridized carbons (Fsp3) is 0.600. The molecule has 1 fully saturated rings. The van der Waals surface area contributed by atoms with Gasteiger partial charge in [-0.15, -0.1) is 0 Å². The molecule has 0 amide bonds. The average molecular weight is 311 g/mol. The zero-order chi connectivity index (χ0) is 15.5. The van der Waals surface area contributed by atoms with Crippen LogP contribution in [0.4, 0.5) is 5.69 Å². The molecular formula is C15H25N3O2S. The Kier molecular flexibility index (Phi) is 5.24. The van der Waals surface area contributed by atoms with Gasteiger partial charge in [-0.25, -0.2) is 0 Å². The van der Waals surface area contributed by atoms with Gasteiger partial charge in [-0.3, -0.25) is 0 Å². The minimum Gasteiger partial charge on any atom is -0.399 e. The molecule has 1 aliphatic rings. The Bertz CT molecular complexity index is 557. The van der Waals surface area contributed by atoms with Crippen molar-refractivity contribution in [1.82, 2.24) is 8.61 Å². The summed E-state index contributed by atoms with van der Waals surface area (Å²) in [7, 11) is -3.40. The van der Waals surface area contributed by atoms with Gasteiger partial charge in [-0.1, -0.05) is 25.5 Å². The Balaban J connectivity index is 2.16. The van der Waals surface area contributed by atoms with Crippen molar-refractivity contribution >= 4 is 15.9 Å². The highest BCUT2D eigenvalue weighted by Crippen LogP contribution is 2.23. The highest BCUT2D eigenvalue weighted by atomic mass is 32.2. The summed E-state index contributed by atoms with van der Waals surface area (Å²) in [5, 5.41) is 0. The zero-order valence-electron chi connectivity index (χ0n) is 12.8. The van der Waals surface area contributed by atoms with Crippen LogP contribution in [0.15, 0.2) is 24.3 Å². The first-order chi connectivity index (χ1) is 9.95. The van der Waals surface area contributed by atoms with E-state index in [0.29, 0.717) is 25.3 Å². The summed E-state index contributed by atoms with van der Waals surface area (Å²) in [4.78, 5) is 0. The topological polar surface area (TPSA) is 66.6 Å². The molecule has 1 aromatic rings. The van der Waals surface area contributed by atoms with Gasteiger partial charge in [0.05, 0.1) is 0 Å². The number of nitrogens with two attached hydrogens (primary N) is 1. The van der Waals surface area contributed by atoms with Gasteiger partial charge < -0.3 is 5.73 Å². The SMILES string of the molecule is CCN(Cc1ccc(N)cc1)S(=O)(=O)N1CCCCC1C. The molecular weight excluding hydrogens is 286 g/mol. The van der Waals surface area contributed by atoms with E-state index in [1.165, 1.54) is 0 Å². The Hall–Kier alpha value is -1.11. The van der Waals surface area contributed by atoms with Gasteiger partial charge in [0.1, 0.15) is 0 Å². The van der Waals surface area contributed by atoms with Crippen LogP contribution in [0.1, 0.15) is 38.7 Å². The van der Waals surface area contributed by atoms with Crippen molar-refractivity contribution in [2.75, 3.05) is 18.8 Å². The lowest BCUT2D eigenvalue weighted by molar-refractivity contribution is 0.244. The number of piperidine rings is 1. The smallest absolute Gasteiger partial charge is 0.282 e. The normalized spacial score (nSPS) is 20.8. The van der Waals surface area contributed by atoms with E-state index in [1.54, 1.807) is 20.7 Å². The van der Waals surface area contributed by atoms with E-state index in [-0.39, 0.29) is 6.04 Å². The number of benzene rings is 1. The van der Waals surface area contributed by atoms with E-state index < -0.39 is 10.2 Å². The second kappa shape index (κ2) is 6.77. The molecule has 0 saturated carbocycles. The fourth-order valence-corrected chi connectivity index (χ4v) is 4.60. The molecule has 2 rings (SSSR count). The second-order valence-electron chi connectivity index (χ2n) is 5.63. The second-order valence-corrected chi connectivity index (χ2v) is 7.51. The maximum absolute atomic E-state index is 12.8. The lowest BCUT2D eigenvalue weighted by atomic mass is 10.1. The minimum atomic E-state index is -3.40. The van der Waals surface area contributed by atoms with Crippen molar-refractivity contribution in [2.24, 2.45) is 0 Å². The molecule has 0 spiro atoms. The molecule has 1 heterocycles. The van der Waals surface area contributed by atoms with Gasteiger partial charge in [-0.2, -0.15) is 17.0 Å². The third kappa shape index (κ3) is 3.75. The van der Waals surface area contributed by atoms with Crippen LogP contribution in [-0.4, -0.2) is 36.2 Å². The fourth-order valence-electron chi connectivity index (χ4n) is 2.75. The monoisotopic (exact) mass is 311 g/mol. The predicted octanol–water partition coefficient (Wildman–Crippen LogP) is 2.21. The van der Waals surface area contributed by atoms with Crippen LogP contribution in [0.2, 0.25) is 0 Å². The number of hydrogen-bond donors (Lipinski definition) is 1. The van der Waals surface area contributed by atoms with E-state index in [4.69, 9.17) is 5.73 Å². The molecule has 1 saturated heterocycles. The van der Waals surface area contributed by atoms with Crippen LogP contribution < -0.4 is 5.73 Å². The van der Waals surface area contributed by atoms with Gasteiger partial charge in [0.15, 0.2) is 0 Å². The molecule has 5 nitrogen and oxygen atoms in total. The summed E-state index contributed by atoms with van der Waals surface area (Å²) in [6.45, 7) is 5.36.